The molecule has 6 heteroatoms. The summed E-state index contributed by atoms with van der Waals surface area (Å²) >= 11 is 0. The molecular formula is C34H29NO5. The van der Waals surface area contributed by atoms with Crippen LogP contribution in [0.3, 0.4) is 0 Å². The van der Waals surface area contributed by atoms with Crippen LogP contribution < -0.4 is 14.2 Å². The number of hydrogen-bond acceptors (Lipinski definition) is 6. The zero-order chi connectivity index (χ0) is 27.4. The van der Waals surface area contributed by atoms with E-state index in [9.17, 15) is 4.79 Å². The van der Waals surface area contributed by atoms with Gasteiger partial charge in [-0.2, -0.15) is 4.98 Å². The van der Waals surface area contributed by atoms with E-state index < -0.39 is 5.97 Å². The second-order valence-electron chi connectivity index (χ2n) is 9.01. The number of benzene rings is 4. The summed E-state index contributed by atoms with van der Waals surface area (Å²) in [6.07, 6.45) is 0. The minimum absolute atomic E-state index is 0.196. The van der Waals surface area contributed by atoms with Crippen molar-refractivity contribution in [3.05, 3.63) is 144 Å². The molecule has 0 aliphatic carbocycles. The molecule has 1 aromatic heterocycles. The second-order valence-corrected chi connectivity index (χ2v) is 9.01. The van der Waals surface area contributed by atoms with Crippen LogP contribution in [0.5, 0.6) is 17.5 Å². The van der Waals surface area contributed by atoms with Gasteiger partial charge in [0, 0.05) is 11.6 Å². The molecule has 0 saturated heterocycles. The zero-order valence-corrected chi connectivity index (χ0v) is 21.9. The Balaban J connectivity index is 1.29. The molecule has 0 aliphatic rings. The van der Waals surface area contributed by atoms with Gasteiger partial charge in [0.15, 0.2) is 6.61 Å². The molecule has 0 spiro atoms. The van der Waals surface area contributed by atoms with E-state index in [2.05, 4.69) is 4.98 Å². The highest BCUT2D eigenvalue weighted by Gasteiger charge is 2.13. The maximum atomic E-state index is 12.2. The first-order valence-corrected chi connectivity index (χ1v) is 13.0. The Bertz CT molecular complexity index is 1510. The first-order valence-electron chi connectivity index (χ1n) is 13.0. The van der Waals surface area contributed by atoms with E-state index in [0.717, 1.165) is 27.8 Å². The van der Waals surface area contributed by atoms with Gasteiger partial charge in [-0.1, -0.05) is 103 Å². The standard InChI is InChI=1S/C34H29NO5/c36-33(39-23-27-13-6-2-7-14-27)25-37-30-18-10-17-29(21-30)31-19-20-32(38-22-26-11-4-1-5-12-26)35-34(31)40-24-28-15-8-3-9-16-28/h1-21H,22-25H2. The van der Waals surface area contributed by atoms with E-state index in [-0.39, 0.29) is 13.2 Å². The number of aromatic nitrogens is 1. The predicted molar refractivity (Wildman–Crippen MR) is 153 cm³/mol. The van der Waals surface area contributed by atoms with E-state index in [0.29, 0.717) is 30.7 Å². The fourth-order valence-corrected chi connectivity index (χ4v) is 3.97. The lowest BCUT2D eigenvalue weighted by Crippen LogP contribution is -2.14. The van der Waals surface area contributed by atoms with Crippen LogP contribution >= 0.6 is 0 Å². The quantitative estimate of drug-likeness (QED) is 0.161. The number of ether oxygens (including phenoxy) is 4. The van der Waals surface area contributed by atoms with Crippen molar-refractivity contribution in [1.29, 1.82) is 0 Å². The van der Waals surface area contributed by atoms with Crippen LogP contribution in [0, 0.1) is 0 Å². The Morgan fingerprint density at radius 3 is 1.82 bits per heavy atom. The molecule has 0 unspecified atom stereocenters. The average molecular weight is 532 g/mol. The molecule has 0 radical (unpaired) electrons. The number of rotatable bonds is 12. The number of esters is 1. The lowest BCUT2D eigenvalue weighted by Gasteiger charge is -2.14. The molecule has 6 nitrogen and oxygen atoms in total. The molecule has 200 valence electrons. The van der Waals surface area contributed by atoms with Crippen LogP contribution in [0.1, 0.15) is 16.7 Å². The fourth-order valence-electron chi connectivity index (χ4n) is 3.97. The molecule has 0 amide bonds. The molecule has 0 N–H and O–H groups in total. The number of carbonyl (C=O) groups is 1. The van der Waals surface area contributed by atoms with Crippen LogP contribution in [-0.2, 0) is 29.4 Å². The predicted octanol–water partition coefficient (Wildman–Crippen LogP) is 7.03. The largest absolute Gasteiger partial charge is 0.482 e. The molecular weight excluding hydrogens is 502 g/mol. The number of nitrogens with zero attached hydrogens (tertiary/aromatic N) is 1. The van der Waals surface area contributed by atoms with Gasteiger partial charge in [-0.25, -0.2) is 4.79 Å². The molecule has 40 heavy (non-hydrogen) atoms. The van der Waals surface area contributed by atoms with Crippen LogP contribution in [0.4, 0.5) is 0 Å². The molecule has 0 fully saturated rings. The van der Waals surface area contributed by atoms with Gasteiger partial charge >= 0.3 is 5.97 Å². The highest BCUT2D eigenvalue weighted by Crippen LogP contribution is 2.33. The van der Waals surface area contributed by atoms with Gasteiger partial charge < -0.3 is 18.9 Å². The number of pyridine rings is 1. The van der Waals surface area contributed by atoms with Gasteiger partial charge in [-0.15, -0.1) is 0 Å². The monoisotopic (exact) mass is 531 g/mol. The molecule has 0 aliphatic heterocycles. The normalized spacial score (nSPS) is 10.5. The smallest absolute Gasteiger partial charge is 0.344 e. The molecule has 5 rings (SSSR count). The van der Waals surface area contributed by atoms with Gasteiger partial charge in [0.2, 0.25) is 11.8 Å². The van der Waals surface area contributed by atoms with Crippen molar-refractivity contribution in [3.8, 4) is 28.6 Å². The lowest BCUT2D eigenvalue weighted by molar-refractivity contribution is -0.147. The molecule has 0 atom stereocenters. The van der Waals surface area contributed by atoms with E-state index in [1.807, 2.05) is 121 Å². The average Bonchev–Trinajstić information content (AvgIpc) is 3.02. The molecule has 0 bridgehead atoms. The Labute approximate surface area is 233 Å². The third-order valence-electron chi connectivity index (χ3n) is 6.03. The minimum Gasteiger partial charge on any atom is -0.482 e. The number of carbonyl (C=O) groups excluding carboxylic acids is 1. The van der Waals surface area contributed by atoms with E-state index in [1.54, 1.807) is 6.07 Å². The summed E-state index contributed by atoms with van der Waals surface area (Å²) in [5.74, 6) is 0.994. The summed E-state index contributed by atoms with van der Waals surface area (Å²) in [5.41, 5.74) is 4.61. The minimum atomic E-state index is -0.442. The van der Waals surface area contributed by atoms with Crippen LogP contribution in [0.25, 0.3) is 11.1 Å². The summed E-state index contributed by atoms with van der Waals surface area (Å²) in [7, 11) is 0. The van der Waals surface area contributed by atoms with Gasteiger partial charge in [-0.3, -0.25) is 0 Å². The van der Waals surface area contributed by atoms with Crippen LogP contribution in [0.15, 0.2) is 127 Å². The van der Waals surface area contributed by atoms with Crippen molar-refractivity contribution in [2.75, 3.05) is 6.61 Å². The second kappa shape index (κ2) is 13.6. The fraction of sp³-hybridized carbons (Fsp3) is 0.118. The summed E-state index contributed by atoms with van der Waals surface area (Å²) in [4.78, 5) is 16.9. The molecule has 4 aromatic carbocycles. The van der Waals surface area contributed by atoms with Crippen molar-refractivity contribution in [2.45, 2.75) is 19.8 Å². The molecule has 5 aromatic rings. The van der Waals surface area contributed by atoms with Crippen molar-refractivity contribution in [3.63, 3.8) is 0 Å². The third-order valence-corrected chi connectivity index (χ3v) is 6.03. The maximum Gasteiger partial charge on any atom is 0.344 e. The van der Waals surface area contributed by atoms with Crippen LogP contribution in [0.2, 0.25) is 0 Å². The van der Waals surface area contributed by atoms with Gasteiger partial charge in [0.05, 0.1) is 0 Å². The van der Waals surface area contributed by atoms with Crippen molar-refractivity contribution in [1.82, 2.24) is 4.98 Å². The summed E-state index contributed by atoms with van der Waals surface area (Å²) in [6.45, 7) is 0.759. The summed E-state index contributed by atoms with van der Waals surface area (Å²) in [5, 5.41) is 0. The summed E-state index contributed by atoms with van der Waals surface area (Å²) < 4.78 is 23.2. The Morgan fingerprint density at radius 1 is 0.575 bits per heavy atom. The Kier molecular flexibility index (Phi) is 9.03. The van der Waals surface area contributed by atoms with Crippen LogP contribution in [-0.4, -0.2) is 17.6 Å². The van der Waals surface area contributed by atoms with Gasteiger partial charge in [-0.05, 0) is 40.5 Å². The first kappa shape index (κ1) is 26.5. The van der Waals surface area contributed by atoms with Crippen molar-refractivity contribution < 1.29 is 23.7 Å². The van der Waals surface area contributed by atoms with Gasteiger partial charge in [0.25, 0.3) is 0 Å². The van der Waals surface area contributed by atoms with E-state index in [1.165, 1.54) is 0 Å². The SMILES string of the molecule is O=C(COc1cccc(-c2ccc(OCc3ccccc3)nc2OCc2ccccc2)c1)OCc1ccccc1. The third kappa shape index (κ3) is 7.71. The zero-order valence-electron chi connectivity index (χ0n) is 21.9. The maximum absolute atomic E-state index is 12.2. The number of hydrogen-bond donors (Lipinski definition) is 0. The Hall–Kier alpha value is -5.10. The Morgan fingerprint density at radius 2 is 1.18 bits per heavy atom. The summed E-state index contributed by atoms with van der Waals surface area (Å²) in [6, 6.07) is 40.6. The van der Waals surface area contributed by atoms with Gasteiger partial charge in [0.1, 0.15) is 25.6 Å². The van der Waals surface area contributed by atoms with E-state index >= 15 is 0 Å². The highest BCUT2D eigenvalue weighted by molar-refractivity contribution is 5.72. The highest BCUT2D eigenvalue weighted by atomic mass is 16.6. The molecule has 0 saturated carbocycles. The van der Waals surface area contributed by atoms with Crippen molar-refractivity contribution in [2.24, 2.45) is 0 Å². The lowest BCUT2D eigenvalue weighted by atomic mass is 10.1. The first-order chi connectivity index (χ1) is 19.7. The van der Waals surface area contributed by atoms with Crippen molar-refractivity contribution >= 4 is 5.97 Å². The van der Waals surface area contributed by atoms with E-state index in [4.69, 9.17) is 18.9 Å². The topological polar surface area (TPSA) is 66.9 Å². The molecule has 1 heterocycles.